The second-order valence-corrected chi connectivity index (χ2v) is 3.03. The number of hydrogen-bond acceptors (Lipinski definition) is 3. The van der Waals surface area contributed by atoms with Crippen LogP contribution in [-0.2, 0) is 4.79 Å². The van der Waals surface area contributed by atoms with Gasteiger partial charge < -0.3 is 0 Å². The Kier molecular flexibility index (Phi) is 2.62. The van der Waals surface area contributed by atoms with Gasteiger partial charge in [0.15, 0.2) is 0 Å². The summed E-state index contributed by atoms with van der Waals surface area (Å²) in [6.07, 6.45) is 0. The zero-order chi connectivity index (χ0) is 8.27. The highest BCUT2D eigenvalue weighted by molar-refractivity contribution is 7.08. The molecular formula is C7H9NO2S. The van der Waals surface area contributed by atoms with Gasteiger partial charge in [-0.2, -0.15) is 11.3 Å². The molecular weight excluding hydrogens is 162 g/mol. The fraction of sp³-hybridized carbons (Fsp3) is 0.286. The SMILES string of the molecule is CC(C(=O)NO)c1ccsc1. The third-order valence-corrected chi connectivity index (χ3v) is 2.25. The molecule has 0 aliphatic carbocycles. The first-order valence-electron chi connectivity index (χ1n) is 3.21. The number of rotatable bonds is 2. The van der Waals surface area contributed by atoms with E-state index in [4.69, 9.17) is 5.21 Å². The summed E-state index contributed by atoms with van der Waals surface area (Å²) in [7, 11) is 0. The summed E-state index contributed by atoms with van der Waals surface area (Å²) in [5.74, 6) is -0.644. The first-order valence-corrected chi connectivity index (χ1v) is 4.16. The van der Waals surface area contributed by atoms with Crippen molar-refractivity contribution in [1.82, 2.24) is 5.48 Å². The van der Waals surface area contributed by atoms with Crippen LogP contribution in [0.15, 0.2) is 16.8 Å². The number of nitrogens with one attached hydrogen (secondary N) is 1. The molecule has 0 fully saturated rings. The fourth-order valence-corrected chi connectivity index (χ4v) is 1.52. The molecule has 4 heteroatoms. The van der Waals surface area contributed by atoms with Gasteiger partial charge in [0.25, 0.3) is 5.91 Å². The molecule has 1 aromatic heterocycles. The lowest BCUT2D eigenvalue weighted by atomic mass is 10.1. The molecule has 1 aromatic rings. The Balaban J connectivity index is 2.70. The number of hydroxylamine groups is 1. The van der Waals surface area contributed by atoms with Crippen LogP contribution in [0.25, 0.3) is 0 Å². The minimum atomic E-state index is -0.372. The monoisotopic (exact) mass is 171 g/mol. The van der Waals surface area contributed by atoms with Crippen molar-refractivity contribution in [3.63, 3.8) is 0 Å². The molecule has 0 saturated carbocycles. The molecule has 0 spiro atoms. The quantitative estimate of drug-likeness (QED) is 0.521. The summed E-state index contributed by atoms with van der Waals surface area (Å²) < 4.78 is 0. The maximum atomic E-state index is 10.9. The summed E-state index contributed by atoms with van der Waals surface area (Å²) in [4.78, 5) is 10.9. The van der Waals surface area contributed by atoms with Crippen molar-refractivity contribution in [1.29, 1.82) is 0 Å². The standard InChI is InChI=1S/C7H9NO2S/c1-5(7(9)8-10)6-2-3-11-4-6/h2-5,10H,1H3,(H,8,9). The van der Waals surface area contributed by atoms with Crippen molar-refractivity contribution in [3.05, 3.63) is 22.4 Å². The van der Waals surface area contributed by atoms with Gasteiger partial charge in [-0.1, -0.05) is 0 Å². The summed E-state index contributed by atoms with van der Waals surface area (Å²) >= 11 is 1.53. The lowest BCUT2D eigenvalue weighted by molar-refractivity contribution is -0.130. The molecule has 3 nitrogen and oxygen atoms in total. The zero-order valence-corrected chi connectivity index (χ0v) is 6.89. The predicted octanol–water partition coefficient (Wildman–Crippen LogP) is 1.36. The molecule has 2 N–H and O–H groups in total. The van der Waals surface area contributed by atoms with Crippen molar-refractivity contribution in [2.45, 2.75) is 12.8 Å². The molecule has 1 rings (SSSR count). The molecule has 1 atom stereocenters. The van der Waals surface area contributed by atoms with E-state index in [1.54, 1.807) is 12.4 Å². The summed E-state index contributed by atoms with van der Waals surface area (Å²) in [5.41, 5.74) is 2.55. The maximum Gasteiger partial charge on any atom is 0.250 e. The Labute approximate surface area is 68.6 Å². The van der Waals surface area contributed by atoms with Gasteiger partial charge in [0.1, 0.15) is 0 Å². The van der Waals surface area contributed by atoms with Crippen molar-refractivity contribution in [2.75, 3.05) is 0 Å². The van der Waals surface area contributed by atoms with Crippen molar-refractivity contribution < 1.29 is 10.0 Å². The van der Waals surface area contributed by atoms with Crippen LogP contribution >= 0.6 is 11.3 Å². The molecule has 1 unspecified atom stereocenters. The molecule has 0 radical (unpaired) electrons. The predicted molar refractivity (Wildman–Crippen MR) is 42.7 cm³/mol. The highest BCUT2D eigenvalue weighted by atomic mass is 32.1. The Bertz CT molecular complexity index is 233. The minimum absolute atomic E-state index is 0.272. The summed E-state index contributed by atoms with van der Waals surface area (Å²) in [5, 5.41) is 12.1. The van der Waals surface area contributed by atoms with Crippen LogP contribution in [0.2, 0.25) is 0 Å². The van der Waals surface area contributed by atoms with Crippen molar-refractivity contribution in [3.8, 4) is 0 Å². The van der Waals surface area contributed by atoms with Gasteiger partial charge in [-0.25, -0.2) is 5.48 Å². The Morgan fingerprint density at radius 2 is 2.55 bits per heavy atom. The van der Waals surface area contributed by atoms with Crippen LogP contribution in [0, 0.1) is 0 Å². The van der Waals surface area contributed by atoms with E-state index >= 15 is 0 Å². The van der Waals surface area contributed by atoms with E-state index < -0.39 is 0 Å². The van der Waals surface area contributed by atoms with Gasteiger partial charge in [-0.15, -0.1) is 0 Å². The molecule has 1 amide bonds. The van der Waals surface area contributed by atoms with Gasteiger partial charge in [0, 0.05) is 0 Å². The van der Waals surface area contributed by atoms with Gasteiger partial charge in [0.05, 0.1) is 5.92 Å². The third-order valence-electron chi connectivity index (χ3n) is 1.55. The molecule has 0 aliphatic rings. The maximum absolute atomic E-state index is 10.9. The third kappa shape index (κ3) is 1.78. The second kappa shape index (κ2) is 3.50. The summed E-state index contributed by atoms with van der Waals surface area (Å²) in [6, 6.07) is 1.87. The van der Waals surface area contributed by atoms with E-state index in [2.05, 4.69) is 0 Å². The van der Waals surface area contributed by atoms with E-state index in [1.165, 1.54) is 11.3 Å². The number of amides is 1. The highest BCUT2D eigenvalue weighted by Crippen LogP contribution is 2.17. The highest BCUT2D eigenvalue weighted by Gasteiger charge is 2.13. The molecule has 0 bridgehead atoms. The largest absolute Gasteiger partial charge is 0.289 e. The lowest BCUT2D eigenvalue weighted by Gasteiger charge is -2.05. The Morgan fingerprint density at radius 3 is 3.00 bits per heavy atom. The van der Waals surface area contributed by atoms with Gasteiger partial charge >= 0.3 is 0 Å². The minimum Gasteiger partial charge on any atom is -0.289 e. The normalized spacial score (nSPS) is 12.5. The first-order chi connectivity index (χ1) is 5.25. The van der Waals surface area contributed by atoms with E-state index in [0.29, 0.717) is 0 Å². The van der Waals surface area contributed by atoms with Crippen molar-refractivity contribution in [2.24, 2.45) is 0 Å². The van der Waals surface area contributed by atoms with E-state index in [-0.39, 0.29) is 11.8 Å². The molecule has 0 aliphatic heterocycles. The number of carbonyl (C=O) groups is 1. The smallest absolute Gasteiger partial charge is 0.250 e. The van der Waals surface area contributed by atoms with Crippen LogP contribution in [-0.4, -0.2) is 11.1 Å². The van der Waals surface area contributed by atoms with Gasteiger partial charge in [-0.05, 0) is 29.3 Å². The Hall–Kier alpha value is -0.870. The molecule has 11 heavy (non-hydrogen) atoms. The first kappa shape index (κ1) is 8.23. The topological polar surface area (TPSA) is 49.3 Å². The van der Waals surface area contributed by atoms with Gasteiger partial charge in [-0.3, -0.25) is 10.0 Å². The van der Waals surface area contributed by atoms with E-state index in [1.807, 2.05) is 16.8 Å². The number of hydrogen-bond donors (Lipinski definition) is 2. The van der Waals surface area contributed by atoms with Crippen LogP contribution in [0.3, 0.4) is 0 Å². The second-order valence-electron chi connectivity index (χ2n) is 2.25. The average molecular weight is 171 g/mol. The van der Waals surface area contributed by atoms with Crippen molar-refractivity contribution >= 4 is 17.2 Å². The van der Waals surface area contributed by atoms with Crippen LogP contribution in [0.5, 0.6) is 0 Å². The lowest BCUT2D eigenvalue weighted by Crippen LogP contribution is -2.24. The van der Waals surface area contributed by atoms with Crippen LogP contribution in [0.1, 0.15) is 18.4 Å². The number of thiophene rings is 1. The molecule has 0 aromatic carbocycles. The Morgan fingerprint density at radius 1 is 1.82 bits per heavy atom. The van der Waals surface area contributed by atoms with E-state index in [0.717, 1.165) is 5.56 Å². The van der Waals surface area contributed by atoms with Crippen LogP contribution in [0.4, 0.5) is 0 Å². The summed E-state index contributed by atoms with van der Waals surface area (Å²) in [6.45, 7) is 1.74. The van der Waals surface area contributed by atoms with Crippen LogP contribution < -0.4 is 5.48 Å². The van der Waals surface area contributed by atoms with Gasteiger partial charge in [0.2, 0.25) is 0 Å². The molecule has 60 valence electrons. The molecule has 0 saturated heterocycles. The average Bonchev–Trinajstić information content (AvgIpc) is 2.53. The number of carbonyl (C=O) groups excluding carboxylic acids is 1. The zero-order valence-electron chi connectivity index (χ0n) is 6.07. The fourth-order valence-electron chi connectivity index (χ4n) is 0.770. The molecule has 1 heterocycles. The van der Waals surface area contributed by atoms with E-state index in [9.17, 15) is 4.79 Å².